The Morgan fingerprint density at radius 1 is 1.44 bits per heavy atom. The summed E-state index contributed by atoms with van der Waals surface area (Å²) in [6, 6.07) is -1.07. The van der Waals surface area contributed by atoms with Crippen LogP contribution in [0, 0.1) is 17.8 Å². The maximum atomic E-state index is 12.6. The topological polar surface area (TPSA) is 124 Å². The lowest BCUT2D eigenvalue weighted by molar-refractivity contribution is -0.124. The second kappa shape index (κ2) is 8.62. The van der Waals surface area contributed by atoms with E-state index in [0.29, 0.717) is 6.54 Å². The molecule has 0 amide bonds. The maximum absolute atomic E-state index is 12.6. The molecule has 7 nitrogen and oxygen atoms in total. The number of carbonyl (C=O) groups is 2. The zero-order valence-electron chi connectivity index (χ0n) is 14.8. The lowest BCUT2D eigenvalue weighted by Crippen LogP contribution is -2.38. The summed E-state index contributed by atoms with van der Waals surface area (Å²) in [7, 11) is 3.68. The summed E-state index contributed by atoms with van der Waals surface area (Å²) in [6.07, 6.45) is 0.988. The molecule has 0 heterocycles. The van der Waals surface area contributed by atoms with Crippen LogP contribution in [-0.2, 0) is 9.59 Å². The highest BCUT2D eigenvalue weighted by atomic mass is 16.3. The molecule has 5 N–H and O–H groups in total. The summed E-state index contributed by atoms with van der Waals surface area (Å²) in [5.74, 6) is 2.48. The molecule has 0 aromatic rings. The number of hydrogen-bond donors (Lipinski definition) is 4. The molecule has 0 radical (unpaired) electrons. The number of aliphatic hydroxyl groups is 3. The first-order chi connectivity index (χ1) is 11.6. The Labute approximate surface area is 147 Å². The van der Waals surface area contributed by atoms with Crippen molar-refractivity contribution < 1.29 is 24.9 Å². The van der Waals surface area contributed by atoms with Crippen molar-refractivity contribution in [3.63, 3.8) is 0 Å². The van der Waals surface area contributed by atoms with E-state index in [1.165, 1.54) is 19.1 Å². The molecule has 0 fully saturated rings. The lowest BCUT2D eigenvalue weighted by atomic mass is 9.84. The van der Waals surface area contributed by atoms with Gasteiger partial charge in [-0.2, -0.15) is 0 Å². The zero-order chi connectivity index (χ0) is 19.3. The second-order valence-corrected chi connectivity index (χ2v) is 6.12. The number of rotatable bonds is 3. The van der Waals surface area contributed by atoms with Crippen LogP contribution in [0.2, 0.25) is 0 Å². The fourth-order valence-corrected chi connectivity index (χ4v) is 2.18. The van der Waals surface area contributed by atoms with Crippen molar-refractivity contribution in [3.05, 3.63) is 34.8 Å². The highest BCUT2D eigenvalue weighted by Crippen LogP contribution is 2.25. The molecule has 0 bridgehead atoms. The van der Waals surface area contributed by atoms with Crippen LogP contribution >= 0.6 is 0 Å². The van der Waals surface area contributed by atoms with E-state index in [1.807, 2.05) is 19.0 Å². The van der Waals surface area contributed by atoms with Crippen molar-refractivity contribution in [1.29, 1.82) is 0 Å². The SMILES string of the molecule is CC(=O)C(O)/C(O)=C1/C(=O)/C(C)=C(O)/C=C\[C@H](C#CCN(C)C)C1N. The zero-order valence-corrected chi connectivity index (χ0v) is 14.8. The van der Waals surface area contributed by atoms with Gasteiger partial charge in [-0.05, 0) is 34.0 Å². The Bertz CT molecular complexity index is 707. The standard InChI is InChI=1S/C18H24N2O5/c1-10-13(22)8-7-12(6-5-9-20(3)4)15(19)14(16(10)23)18(25)17(24)11(2)21/h7-8,12,15,17,22,24-25H,9,19H2,1-4H3/b8-7-,13-10-,18-14-/t12-,15?,17?/m0/s1. The van der Waals surface area contributed by atoms with Gasteiger partial charge in [0.2, 0.25) is 0 Å². The van der Waals surface area contributed by atoms with Gasteiger partial charge >= 0.3 is 0 Å². The summed E-state index contributed by atoms with van der Waals surface area (Å²) in [5, 5.41) is 30.0. The molecule has 0 saturated carbocycles. The molecular formula is C18H24N2O5. The first-order valence-corrected chi connectivity index (χ1v) is 7.70. The van der Waals surface area contributed by atoms with Crippen molar-refractivity contribution in [2.45, 2.75) is 26.0 Å². The quantitative estimate of drug-likeness (QED) is 0.327. The predicted octanol–water partition coefficient (Wildman–Crippen LogP) is 0.228. The van der Waals surface area contributed by atoms with Gasteiger partial charge in [-0.1, -0.05) is 17.9 Å². The summed E-state index contributed by atoms with van der Waals surface area (Å²) in [6.45, 7) is 2.89. The largest absolute Gasteiger partial charge is 0.509 e. The molecule has 25 heavy (non-hydrogen) atoms. The van der Waals surface area contributed by atoms with Crippen LogP contribution in [0.1, 0.15) is 13.8 Å². The monoisotopic (exact) mass is 348 g/mol. The maximum Gasteiger partial charge on any atom is 0.193 e. The van der Waals surface area contributed by atoms with E-state index in [-0.39, 0.29) is 16.9 Å². The van der Waals surface area contributed by atoms with Crippen molar-refractivity contribution in [3.8, 4) is 11.8 Å². The first-order valence-electron chi connectivity index (χ1n) is 7.70. The Morgan fingerprint density at radius 2 is 2.04 bits per heavy atom. The summed E-state index contributed by atoms with van der Waals surface area (Å²) < 4.78 is 0. The van der Waals surface area contributed by atoms with Gasteiger partial charge in [-0.3, -0.25) is 14.5 Å². The summed E-state index contributed by atoms with van der Waals surface area (Å²) in [4.78, 5) is 25.8. The fraction of sp³-hybridized carbons (Fsp3) is 0.444. The molecule has 1 rings (SSSR count). The number of carbonyl (C=O) groups excluding carboxylic acids is 2. The smallest absolute Gasteiger partial charge is 0.193 e. The average molecular weight is 348 g/mol. The molecule has 0 aliphatic heterocycles. The normalized spacial score (nSPS) is 28.5. The number of nitrogens with two attached hydrogens (primary N) is 1. The van der Waals surface area contributed by atoms with Crippen LogP contribution in [0.5, 0.6) is 0 Å². The second-order valence-electron chi connectivity index (χ2n) is 6.12. The van der Waals surface area contributed by atoms with Crippen LogP contribution in [0.25, 0.3) is 0 Å². The molecule has 7 heteroatoms. The molecule has 0 saturated heterocycles. The van der Waals surface area contributed by atoms with Crippen molar-refractivity contribution in [2.24, 2.45) is 11.7 Å². The minimum atomic E-state index is -1.86. The van der Waals surface area contributed by atoms with E-state index in [0.717, 1.165) is 6.92 Å². The number of ketones is 2. The highest BCUT2D eigenvalue weighted by molar-refractivity contribution is 6.10. The lowest BCUT2D eigenvalue weighted by Gasteiger charge is -2.24. The van der Waals surface area contributed by atoms with Gasteiger partial charge < -0.3 is 21.1 Å². The third-order valence-electron chi connectivity index (χ3n) is 3.74. The molecular weight excluding hydrogens is 324 g/mol. The van der Waals surface area contributed by atoms with E-state index >= 15 is 0 Å². The van der Waals surface area contributed by atoms with Crippen LogP contribution in [0.15, 0.2) is 34.8 Å². The minimum absolute atomic E-state index is 0.0521. The van der Waals surface area contributed by atoms with E-state index < -0.39 is 35.4 Å². The van der Waals surface area contributed by atoms with Crippen molar-refractivity contribution >= 4 is 11.6 Å². The molecule has 1 aliphatic carbocycles. The van der Waals surface area contributed by atoms with Gasteiger partial charge in [0, 0.05) is 5.57 Å². The van der Waals surface area contributed by atoms with E-state index in [2.05, 4.69) is 11.8 Å². The minimum Gasteiger partial charge on any atom is -0.509 e. The predicted molar refractivity (Wildman–Crippen MR) is 93.6 cm³/mol. The van der Waals surface area contributed by atoms with E-state index in [1.54, 1.807) is 0 Å². The number of hydrogen-bond acceptors (Lipinski definition) is 7. The molecule has 3 atom stereocenters. The van der Waals surface area contributed by atoms with E-state index in [4.69, 9.17) is 5.73 Å². The molecule has 2 unspecified atom stereocenters. The number of allylic oxidation sites excluding steroid dienone is 2. The Balaban J connectivity index is 3.49. The Hall–Kier alpha value is -2.40. The van der Waals surface area contributed by atoms with Gasteiger partial charge in [-0.15, -0.1) is 0 Å². The van der Waals surface area contributed by atoms with Gasteiger partial charge in [0.05, 0.1) is 24.1 Å². The molecule has 0 aromatic heterocycles. The molecule has 0 spiro atoms. The summed E-state index contributed by atoms with van der Waals surface area (Å²) in [5.41, 5.74) is 5.73. The van der Waals surface area contributed by atoms with Crippen molar-refractivity contribution in [2.75, 3.05) is 20.6 Å². The Morgan fingerprint density at radius 3 is 2.56 bits per heavy atom. The average Bonchev–Trinajstić information content (AvgIpc) is 2.54. The van der Waals surface area contributed by atoms with E-state index in [9.17, 15) is 24.9 Å². The van der Waals surface area contributed by atoms with Crippen LogP contribution < -0.4 is 5.73 Å². The van der Waals surface area contributed by atoms with Gasteiger partial charge in [0.25, 0.3) is 0 Å². The number of aliphatic hydroxyl groups excluding tert-OH is 3. The van der Waals surface area contributed by atoms with Crippen LogP contribution in [0.4, 0.5) is 0 Å². The molecule has 1 aliphatic rings. The van der Waals surface area contributed by atoms with Crippen LogP contribution in [-0.4, -0.2) is 64.6 Å². The third-order valence-corrected chi connectivity index (χ3v) is 3.74. The van der Waals surface area contributed by atoms with Gasteiger partial charge in [0.1, 0.15) is 11.5 Å². The molecule has 136 valence electrons. The van der Waals surface area contributed by atoms with Crippen molar-refractivity contribution in [1.82, 2.24) is 4.90 Å². The summed E-state index contributed by atoms with van der Waals surface area (Å²) >= 11 is 0. The van der Waals surface area contributed by atoms with Crippen LogP contribution in [0.3, 0.4) is 0 Å². The number of Topliss-reactive ketones (excluding diaryl/α,β-unsaturated/α-hetero) is 2. The van der Waals surface area contributed by atoms with Gasteiger partial charge in [0.15, 0.2) is 17.7 Å². The van der Waals surface area contributed by atoms with Gasteiger partial charge in [-0.25, -0.2) is 0 Å². The Kier molecular flexibility index (Phi) is 7.12. The highest BCUT2D eigenvalue weighted by Gasteiger charge is 2.33. The third kappa shape index (κ3) is 5.03. The fourth-order valence-electron chi connectivity index (χ4n) is 2.18. The molecule has 0 aromatic carbocycles. The first kappa shape index (κ1) is 20.6. The number of nitrogens with zero attached hydrogens (tertiary/aromatic N) is 1.